The lowest BCUT2D eigenvalue weighted by atomic mass is 10.1. The molecule has 3 aromatic rings. The zero-order chi connectivity index (χ0) is 18.4. The van der Waals surface area contributed by atoms with Crippen molar-refractivity contribution in [3.05, 3.63) is 72.4 Å². The Balaban J connectivity index is 1.85. The summed E-state index contributed by atoms with van der Waals surface area (Å²) in [5.41, 5.74) is 1.49. The van der Waals surface area contributed by atoms with Crippen molar-refractivity contribution in [3.8, 4) is 5.75 Å². The highest BCUT2D eigenvalue weighted by Crippen LogP contribution is 2.26. The van der Waals surface area contributed by atoms with E-state index >= 15 is 0 Å². The highest BCUT2D eigenvalue weighted by molar-refractivity contribution is 5.98. The minimum absolute atomic E-state index is 0.186. The molecule has 0 saturated carbocycles. The number of hydrogen-bond acceptors (Lipinski definition) is 4. The van der Waals surface area contributed by atoms with Crippen molar-refractivity contribution in [1.29, 1.82) is 0 Å². The summed E-state index contributed by atoms with van der Waals surface area (Å²) < 4.78 is 7.28. The van der Waals surface area contributed by atoms with Gasteiger partial charge in [0.1, 0.15) is 17.6 Å². The summed E-state index contributed by atoms with van der Waals surface area (Å²) in [6.07, 6.45) is 1.83. The van der Waals surface area contributed by atoms with E-state index < -0.39 is 6.04 Å². The first-order valence-electron chi connectivity index (χ1n) is 8.51. The number of para-hydroxylation sites is 2. The van der Waals surface area contributed by atoms with Crippen LogP contribution < -0.4 is 15.4 Å². The summed E-state index contributed by atoms with van der Waals surface area (Å²) in [5.74, 6) is 1.09. The van der Waals surface area contributed by atoms with E-state index in [1.807, 2.05) is 80.8 Å². The first kappa shape index (κ1) is 17.5. The fourth-order valence-electron chi connectivity index (χ4n) is 2.64. The third kappa shape index (κ3) is 4.22. The van der Waals surface area contributed by atoms with Crippen LogP contribution in [0.3, 0.4) is 0 Å². The van der Waals surface area contributed by atoms with Crippen molar-refractivity contribution >= 4 is 17.4 Å². The van der Waals surface area contributed by atoms with Crippen LogP contribution >= 0.6 is 0 Å². The maximum Gasteiger partial charge on any atom is 0.251 e. The zero-order valence-electron chi connectivity index (χ0n) is 14.8. The third-order valence-electron chi connectivity index (χ3n) is 3.85. The standard InChI is InChI=1S/C20H22N4O2/c1-3-26-17-12-8-7-11-16(17)21-20(25)19(15-9-5-4-6-10-15)22-18-13-14-24(2)23-18/h4-14,19H,3H2,1-2H3,(H,21,25)(H,22,23). The second-order valence-corrected chi connectivity index (χ2v) is 5.78. The third-order valence-corrected chi connectivity index (χ3v) is 3.85. The normalized spacial score (nSPS) is 11.6. The quantitative estimate of drug-likeness (QED) is 0.683. The zero-order valence-corrected chi connectivity index (χ0v) is 14.8. The molecule has 2 aromatic carbocycles. The van der Waals surface area contributed by atoms with Crippen LogP contribution in [0.5, 0.6) is 5.75 Å². The molecule has 0 aliphatic heterocycles. The molecule has 1 amide bonds. The number of nitrogens with zero attached hydrogens (tertiary/aromatic N) is 2. The molecule has 0 saturated heterocycles. The molecule has 1 unspecified atom stereocenters. The number of amides is 1. The van der Waals surface area contributed by atoms with Gasteiger partial charge in [-0.3, -0.25) is 9.48 Å². The summed E-state index contributed by atoms with van der Waals surface area (Å²) in [6.45, 7) is 2.44. The van der Waals surface area contributed by atoms with Crippen molar-refractivity contribution in [2.75, 3.05) is 17.2 Å². The Morgan fingerprint density at radius 3 is 2.54 bits per heavy atom. The Bertz CT molecular complexity index is 861. The van der Waals surface area contributed by atoms with E-state index in [2.05, 4.69) is 15.7 Å². The van der Waals surface area contributed by atoms with Crippen LogP contribution in [-0.2, 0) is 11.8 Å². The first-order valence-corrected chi connectivity index (χ1v) is 8.51. The van der Waals surface area contributed by atoms with Crippen LogP contribution in [0.15, 0.2) is 66.9 Å². The average Bonchev–Trinajstić information content (AvgIpc) is 3.07. The van der Waals surface area contributed by atoms with Gasteiger partial charge in [0.2, 0.25) is 0 Å². The number of hydrogen-bond donors (Lipinski definition) is 2. The number of carbonyl (C=O) groups excluding carboxylic acids is 1. The van der Waals surface area contributed by atoms with Gasteiger partial charge in [-0.05, 0) is 24.6 Å². The van der Waals surface area contributed by atoms with Gasteiger partial charge in [0.15, 0.2) is 0 Å². The number of ether oxygens (including phenoxy) is 1. The second kappa shape index (κ2) is 8.20. The minimum Gasteiger partial charge on any atom is -0.492 e. The molecule has 2 N–H and O–H groups in total. The van der Waals surface area contributed by atoms with Gasteiger partial charge in [0, 0.05) is 19.3 Å². The fraction of sp³-hybridized carbons (Fsp3) is 0.200. The van der Waals surface area contributed by atoms with Crippen LogP contribution in [0.25, 0.3) is 0 Å². The Morgan fingerprint density at radius 2 is 1.85 bits per heavy atom. The lowest BCUT2D eigenvalue weighted by Gasteiger charge is -2.19. The topological polar surface area (TPSA) is 68.2 Å². The molecule has 0 bridgehead atoms. The van der Waals surface area contributed by atoms with E-state index in [0.717, 1.165) is 5.56 Å². The molecule has 0 aliphatic rings. The first-order chi connectivity index (χ1) is 12.7. The van der Waals surface area contributed by atoms with E-state index in [1.54, 1.807) is 4.68 Å². The van der Waals surface area contributed by atoms with Crippen LogP contribution in [0.2, 0.25) is 0 Å². The summed E-state index contributed by atoms with van der Waals surface area (Å²) in [5, 5.41) is 10.5. The monoisotopic (exact) mass is 350 g/mol. The number of nitrogens with one attached hydrogen (secondary N) is 2. The highest BCUT2D eigenvalue weighted by atomic mass is 16.5. The van der Waals surface area contributed by atoms with Crippen molar-refractivity contribution in [3.63, 3.8) is 0 Å². The molecular weight excluding hydrogens is 328 g/mol. The molecule has 6 heteroatoms. The van der Waals surface area contributed by atoms with Crippen molar-refractivity contribution in [2.24, 2.45) is 7.05 Å². The van der Waals surface area contributed by atoms with Crippen LogP contribution in [0.1, 0.15) is 18.5 Å². The number of aryl methyl sites for hydroxylation is 1. The van der Waals surface area contributed by atoms with Gasteiger partial charge < -0.3 is 15.4 Å². The minimum atomic E-state index is -0.583. The molecule has 0 radical (unpaired) electrons. The van der Waals surface area contributed by atoms with Gasteiger partial charge in [0.05, 0.1) is 12.3 Å². The van der Waals surface area contributed by atoms with Gasteiger partial charge in [-0.1, -0.05) is 42.5 Å². The SMILES string of the molecule is CCOc1ccccc1NC(=O)C(Nc1ccn(C)n1)c1ccccc1. The van der Waals surface area contributed by atoms with Gasteiger partial charge in [0.25, 0.3) is 5.91 Å². The van der Waals surface area contributed by atoms with Crippen LogP contribution in [0, 0.1) is 0 Å². The van der Waals surface area contributed by atoms with Crippen molar-refractivity contribution in [1.82, 2.24) is 9.78 Å². The summed E-state index contributed by atoms with van der Waals surface area (Å²) in [6, 6.07) is 18.2. The number of carbonyl (C=O) groups is 1. The Kier molecular flexibility index (Phi) is 5.53. The van der Waals surface area contributed by atoms with Crippen LogP contribution in [0.4, 0.5) is 11.5 Å². The molecular formula is C20H22N4O2. The molecule has 0 fully saturated rings. The highest BCUT2D eigenvalue weighted by Gasteiger charge is 2.22. The van der Waals surface area contributed by atoms with Crippen LogP contribution in [-0.4, -0.2) is 22.3 Å². The Labute approximate surface area is 152 Å². The molecule has 26 heavy (non-hydrogen) atoms. The van der Waals surface area contributed by atoms with Gasteiger partial charge in [-0.25, -0.2) is 0 Å². The van der Waals surface area contributed by atoms with E-state index in [1.165, 1.54) is 0 Å². The van der Waals surface area contributed by atoms with Gasteiger partial charge in [-0.15, -0.1) is 0 Å². The maximum atomic E-state index is 13.0. The lowest BCUT2D eigenvalue weighted by molar-refractivity contribution is -0.117. The number of benzene rings is 2. The number of anilines is 2. The maximum absolute atomic E-state index is 13.0. The molecule has 0 spiro atoms. The summed E-state index contributed by atoms with van der Waals surface area (Å²) >= 11 is 0. The summed E-state index contributed by atoms with van der Waals surface area (Å²) in [4.78, 5) is 13.0. The van der Waals surface area contributed by atoms with Crippen molar-refractivity contribution in [2.45, 2.75) is 13.0 Å². The molecule has 134 valence electrons. The smallest absolute Gasteiger partial charge is 0.251 e. The fourth-order valence-corrected chi connectivity index (χ4v) is 2.64. The Hall–Kier alpha value is -3.28. The molecule has 6 nitrogen and oxygen atoms in total. The Morgan fingerprint density at radius 1 is 1.12 bits per heavy atom. The van der Waals surface area contributed by atoms with Crippen molar-refractivity contribution < 1.29 is 9.53 Å². The second-order valence-electron chi connectivity index (χ2n) is 5.78. The van der Waals surface area contributed by atoms with E-state index in [-0.39, 0.29) is 5.91 Å². The van der Waals surface area contributed by atoms with Gasteiger partial charge >= 0.3 is 0 Å². The molecule has 1 atom stereocenters. The van der Waals surface area contributed by atoms with Gasteiger partial charge in [-0.2, -0.15) is 5.10 Å². The molecule has 1 aromatic heterocycles. The van der Waals surface area contributed by atoms with E-state index in [0.29, 0.717) is 23.9 Å². The van der Waals surface area contributed by atoms with E-state index in [4.69, 9.17) is 4.74 Å². The van der Waals surface area contributed by atoms with E-state index in [9.17, 15) is 4.79 Å². The average molecular weight is 350 g/mol. The predicted octanol–water partition coefficient (Wildman–Crippen LogP) is 3.61. The number of aromatic nitrogens is 2. The molecule has 3 rings (SSSR count). The molecule has 1 heterocycles. The lowest BCUT2D eigenvalue weighted by Crippen LogP contribution is -2.27. The number of rotatable bonds is 7. The predicted molar refractivity (Wildman–Crippen MR) is 102 cm³/mol. The summed E-state index contributed by atoms with van der Waals surface area (Å²) in [7, 11) is 1.83. The largest absolute Gasteiger partial charge is 0.492 e. The molecule has 0 aliphatic carbocycles.